The van der Waals surface area contributed by atoms with Crippen LogP contribution in [0.1, 0.15) is 35.4 Å². The molecule has 1 unspecified atom stereocenters. The number of piperidine rings is 1. The molecule has 4 rings (SSSR count). The molecular formula is C29H34Cl3N3O4S. The number of hydrogen-bond donors (Lipinski definition) is 2. The Balaban J connectivity index is 0.00000441. The van der Waals surface area contributed by atoms with Gasteiger partial charge in [0.25, 0.3) is 0 Å². The summed E-state index contributed by atoms with van der Waals surface area (Å²) in [5, 5.41) is 4.32. The van der Waals surface area contributed by atoms with Crippen LogP contribution in [-0.4, -0.2) is 51.2 Å². The third-order valence-corrected chi connectivity index (χ3v) is 8.06. The number of sulfonamides is 1. The van der Waals surface area contributed by atoms with Crippen LogP contribution in [0.15, 0.2) is 72.8 Å². The van der Waals surface area contributed by atoms with E-state index in [4.69, 9.17) is 27.9 Å². The molecule has 216 valence electrons. The van der Waals surface area contributed by atoms with Crippen molar-refractivity contribution in [3.05, 3.63) is 99.5 Å². The van der Waals surface area contributed by atoms with Crippen LogP contribution in [0.4, 0.5) is 5.69 Å². The van der Waals surface area contributed by atoms with Gasteiger partial charge in [0, 0.05) is 19.6 Å². The Morgan fingerprint density at radius 3 is 2.33 bits per heavy atom. The van der Waals surface area contributed by atoms with Gasteiger partial charge >= 0.3 is 0 Å². The van der Waals surface area contributed by atoms with Gasteiger partial charge in [0.1, 0.15) is 6.04 Å². The van der Waals surface area contributed by atoms with Gasteiger partial charge in [-0.3, -0.25) is 14.8 Å². The van der Waals surface area contributed by atoms with E-state index < -0.39 is 16.1 Å². The number of rotatable bonds is 11. The molecule has 1 heterocycles. The van der Waals surface area contributed by atoms with Crippen LogP contribution >= 0.6 is 35.6 Å². The normalized spacial score (nSPS) is 14.8. The van der Waals surface area contributed by atoms with Gasteiger partial charge < -0.3 is 9.64 Å². The second-order valence-corrected chi connectivity index (χ2v) is 12.3. The zero-order chi connectivity index (χ0) is 27.8. The monoisotopic (exact) mass is 625 g/mol. The maximum Gasteiger partial charge on any atom is 0.242 e. The Kier molecular flexibility index (Phi) is 12.1. The van der Waals surface area contributed by atoms with Crippen molar-refractivity contribution in [2.45, 2.75) is 38.0 Å². The lowest BCUT2D eigenvalue weighted by Gasteiger charge is -2.35. The summed E-state index contributed by atoms with van der Waals surface area (Å²) < 4.78 is 32.2. The average Bonchev–Trinajstić information content (AvgIpc) is 2.92. The van der Waals surface area contributed by atoms with Crippen molar-refractivity contribution in [1.29, 1.82) is 0 Å². The summed E-state index contributed by atoms with van der Waals surface area (Å²) in [4.78, 5) is 15.5. The molecule has 0 bridgehead atoms. The molecule has 1 aliphatic rings. The molecule has 0 saturated carbocycles. The van der Waals surface area contributed by atoms with Gasteiger partial charge in [-0.2, -0.15) is 0 Å². The molecule has 1 fully saturated rings. The van der Waals surface area contributed by atoms with Crippen molar-refractivity contribution < 1.29 is 17.9 Å². The standard InChI is InChI=1S/C29H33Cl2N3O4S.ClH/c1-39(36,37)33-27-10-6-5-9-24(27)23-13-15-34(16-14-23)29(35)28(32-18-21-7-3-2-4-8-21)20-38-19-22-11-12-25(30)26(31)17-22;/h2-12,17,23,28,32-33H,13-16,18-20H2,1H3;1H. The first-order chi connectivity index (χ1) is 18.7. The van der Waals surface area contributed by atoms with Crippen molar-refractivity contribution in [3.8, 4) is 0 Å². The van der Waals surface area contributed by atoms with Crippen LogP contribution in [0.2, 0.25) is 10.0 Å². The molecule has 2 N–H and O–H groups in total. The molecule has 1 aliphatic heterocycles. The zero-order valence-corrected chi connectivity index (χ0v) is 25.3. The summed E-state index contributed by atoms with van der Waals surface area (Å²) in [5.74, 6) is 0.141. The quantitative estimate of drug-likeness (QED) is 0.278. The number of carbonyl (C=O) groups excluding carboxylic acids is 1. The van der Waals surface area contributed by atoms with E-state index in [1.165, 1.54) is 0 Å². The molecule has 1 atom stereocenters. The van der Waals surface area contributed by atoms with Crippen LogP contribution < -0.4 is 10.0 Å². The number of anilines is 1. The summed E-state index contributed by atoms with van der Waals surface area (Å²) in [6.45, 7) is 2.20. The summed E-state index contributed by atoms with van der Waals surface area (Å²) in [7, 11) is -3.39. The van der Waals surface area contributed by atoms with Crippen LogP contribution in [0.3, 0.4) is 0 Å². The van der Waals surface area contributed by atoms with E-state index in [1.54, 1.807) is 18.2 Å². The minimum atomic E-state index is -3.39. The average molecular weight is 627 g/mol. The maximum atomic E-state index is 13.6. The SMILES string of the molecule is CS(=O)(=O)Nc1ccccc1C1CCN(C(=O)C(COCc2ccc(Cl)c(Cl)c2)NCc2ccccc2)CC1.Cl. The number of amides is 1. The van der Waals surface area contributed by atoms with E-state index in [0.29, 0.717) is 42.0 Å². The Morgan fingerprint density at radius 1 is 0.975 bits per heavy atom. The fraction of sp³-hybridized carbons (Fsp3) is 0.345. The van der Waals surface area contributed by atoms with E-state index in [1.807, 2.05) is 59.5 Å². The highest BCUT2D eigenvalue weighted by atomic mass is 35.5. The number of benzene rings is 3. The molecule has 0 spiro atoms. The number of halogens is 3. The van der Waals surface area contributed by atoms with Crippen LogP contribution in [0, 0.1) is 0 Å². The molecule has 0 aromatic heterocycles. The van der Waals surface area contributed by atoms with Gasteiger partial charge in [-0.25, -0.2) is 8.42 Å². The van der Waals surface area contributed by atoms with Gasteiger partial charge in [0.15, 0.2) is 0 Å². The van der Waals surface area contributed by atoms with Crippen LogP contribution in [0.25, 0.3) is 0 Å². The Labute approximate surface area is 252 Å². The summed E-state index contributed by atoms with van der Waals surface area (Å²) in [6.07, 6.45) is 2.63. The predicted octanol–water partition coefficient (Wildman–Crippen LogP) is 5.87. The van der Waals surface area contributed by atoms with Crippen LogP contribution in [-0.2, 0) is 32.7 Å². The number of ether oxygens (including phenoxy) is 1. The lowest BCUT2D eigenvalue weighted by Crippen LogP contribution is -2.50. The maximum absolute atomic E-state index is 13.6. The highest BCUT2D eigenvalue weighted by Gasteiger charge is 2.30. The summed E-state index contributed by atoms with van der Waals surface area (Å²) in [5.41, 5.74) is 3.51. The molecule has 40 heavy (non-hydrogen) atoms. The van der Waals surface area contributed by atoms with Gasteiger partial charge in [0.05, 0.1) is 35.2 Å². The van der Waals surface area contributed by atoms with Crippen molar-refractivity contribution >= 4 is 57.2 Å². The van der Waals surface area contributed by atoms with E-state index >= 15 is 0 Å². The number of para-hydroxylation sites is 1. The fourth-order valence-electron chi connectivity index (χ4n) is 4.76. The van der Waals surface area contributed by atoms with Crippen LogP contribution in [0.5, 0.6) is 0 Å². The lowest BCUT2D eigenvalue weighted by atomic mass is 9.88. The molecular weight excluding hydrogens is 593 g/mol. The van der Waals surface area contributed by atoms with Gasteiger partial charge in [-0.15, -0.1) is 12.4 Å². The molecule has 7 nitrogen and oxygen atoms in total. The number of hydrogen-bond acceptors (Lipinski definition) is 5. The Hall–Kier alpha value is -2.33. The topological polar surface area (TPSA) is 87.7 Å². The number of nitrogens with one attached hydrogen (secondary N) is 2. The highest BCUT2D eigenvalue weighted by Crippen LogP contribution is 2.33. The van der Waals surface area contributed by atoms with E-state index in [-0.39, 0.29) is 30.8 Å². The second-order valence-electron chi connectivity index (χ2n) is 9.74. The number of carbonyl (C=O) groups is 1. The highest BCUT2D eigenvalue weighted by molar-refractivity contribution is 7.92. The zero-order valence-electron chi connectivity index (χ0n) is 22.2. The first kappa shape index (κ1) is 32.2. The molecule has 0 radical (unpaired) electrons. The van der Waals surface area contributed by atoms with Crippen molar-refractivity contribution in [2.75, 3.05) is 30.7 Å². The predicted molar refractivity (Wildman–Crippen MR) is 164 cm³/mol. The Bertz CT molecular complexity index is 1370. The molecule has 11 heteroatoms. The van der Waals surface area contributed by atoms with Crippen molar-refractivity contribution in [2.24, 2.45) is 0 Å². The summed E-state index contributed by atoms with van der Waals surface area (Å²) in [6, 6.07) is 22.2. The van der Waals surface area contributed by atoms with Crippen molar-refractivity contribution in [1.82, 2.24) is 10.2 Å². The third-order valence-electron chi connectivity index (χ3n) is 6.73. The smallest absolute Gasteiger partial charge is 0.242 e. The van der Waals surface area contributed by atoms with Gasteiger partial charge in [0.2, 0.25) is 15.9 Å². The molecule has 3 aromatic carbocycles. The third kappa shape index (κ3) is 9.36. The second kappa shape index (κ2) is 15.1. The number of nitrogens with zero attached hydrogens (tertiary/aromatic N) is 1. The van der Waals surface area contributed by atoms with E-state index in [0.717, 1.165) is 35.8 Å². The van der Waals surface area contributed by atoms with E-state index in [2.05, 4.69) is 10.0 Å². The molecule has 3 aromatic rings. The first-order valence-corrected chi connectivity index (χ1v) is 15.5. The molecule has 1 saturated heterocycles. The summed E-state index contributed by atoms with van der Waals surface area (Å²) >= 11 is 12.1. The van der Waals surface area contributed by atoms with Gasteiger partial charge in [-0.05, 0) is 53.6 Å². The lowest BCUT2D eigenvalue weighted by molar-refractivity contribution is -0.136. The number of likely N-dealkylation sites (tertiary alicyclic amines) is 1. The molecule has 0 aliphatic carbocycles. The largest absolute Gasteiger partial charge is 0.375 e. The minimum Gasteiger partial charge on any atom is -0.375 e. The van der Waals surface area contributed by atoms with Crippen molar-refractivity contribution in [3.63, 3.8) is 0 Å². The van der Waals surface area contributed by atoms with Gasteiger partial charge in [-0.1, -0.05) is 77.8 Å². The first-order valence-electron chi connectivity index (χ1n) is 12.8. The fourth-order valence-corrected chi connectivity index (χ4v) is 5.66. The Morgan fingerprint density at radius 2 is 1.65 bits per heavy atom. The molecule has 1 amide bonds. The van der Waals surface area contributed by atoms with E-state index in [9.17, 15) is 13.2 Å². The minimum absolute atomic E-state index is 0.